The van der Waals surface area contributed by atoms with E-state index in [1.54, 1.807) is 0 Å². The number of rotatable bonds is 6. The summed E-state index contributed by atoms with van der Waals surface area (Å²) in [6.07, 6.45) is 0.858. The van der Waals surface area contributed by atoms with Crippen LogP contribution in [0.2, 0.25) is 0 Å². The Kier molecular flexibility index (Phi) is 6.30. The number of Topliss-reactive ketones (excluding diaryl/α,β-unsaturated/α-hetero) is 1. The average molecular weight is 319 g/mol. The van der Waals surface area contributed by atoms with Crippen molar-refractivity contribution >= 4 is 11.7 Å². The second-order valence-corrected chi connectivity index (χ2v) is 6.51. The lowest BCUT2D eigenvalue weighted by Gasteiger charge is -2.32. The number of benzene rings is 1. The fourth-order valence-electron chi connectivity index (χ4n) is 3.15. The van der Waals surface area contributed by atoms with E-state index in [2.05, 4.69) is 5.32 Å². The summed E-state index contributed by atoms with van der Waals surface area (Å²) in [7, 11) is 0. The van der Waals surface area contributed by atoms with Crippen LogP contribution in [0.1, 0.15) is 26.3 Å². The van der Waals surface area contributed by atoms with Gasteiger partial charge in [-0.2, -0.15) is 0 Å². The van der Waals surface area contributed by atoms with Gasteiger partial charge in [0.1, 0.15) is 25.3 Å². The number of ether oxygens (including phenoxy) is 1. The maximum atomic E-state index is 12.3. The monoisotopic (exact) mass is 319 g/mol. The van der Waals surface area contributed by atoms with Gasteiger partial charge in [-0.05, 0) is 32.8 Å². The van der Waals surface area contributed by atoms with Gasteiger partial charge >= 0.3 is 0 Å². The fraction of sp³-hybridized carbons (Fsp3) is 0.556. The molecule has 1 aromatic rings. The summed E-state index contributed by atoms with van der Waals surface area (Å²) >= 11 is 0. The third-order valence-electron chi connectivity index (χ3n) is 4.14. The summed E-state index contributed by atoms with van der Waals surface area (Å²) in [6.45, 7) is 7.61. The van der Waals surface area contributed by atoms with Crippen molar-refractivity contribution in [2.75, 3.05) is 19.6 Å². The molecule has 0 aliphatic carbocycles. The Morgan fingerprint density at radius 1 is 1.22 bits per heavy atom. The fourth-order valence-corrected chi connectivity index (χ4v) is 3.15. The molecule has 1 aliphatic rings. The van der Waals surface area contributed by atoms with Crippen LogP contribution in [0.15, 0.2) is 30.3 Å². The zero-order valence-electron chi connectivity index (χ0n) is 14.2. The van der Waals surface area contributed by atoms with Crippen LogP contribution in [-0.4, -0.2) is 49.6 Å². The van der Waals surface area contributed by atoms with Crippen molar-refractivity contribution < 1.29 is 19.2 Å². The lowest BCUT2D eigenvalue weighted by Crippen LogP contribution is -3.16. The summed E-state index contributed by atoms with van der Waals surface area (Å²) < 4.78 is 5.69. The molecule has 23 heavy (non-hydrogen) atoms. The van der Waals surface area contributed by atoms with E-state index < -0.39 is 6.04 Å². The van der Waals surface area contributed by atoms with E-state index in [-0.39, 0.29) is 23.9 Å². The van der Waals surface area contributed by atoms with Gasteiger partial charge in [0, 0.05) is 0 Å². The standard InChI is InChI=1S/C18H26N2O3/c1-13-10-20(11-14(2)23-13)12-18(22)19-17(15(3)21)9-16-7-5-4-6-8-16/h4-8,13-14,17H,9-12H2,1-3H3,(H,19,22)/p+1/t13-,14+,17-/m0/s1. The van der Waals surface area contributed by atoms with E-state index in [9.17, 15) is 9.59 Å². The normalized spacial score (nSPS) is 25.6. The minimum Gasteiger partial charge on any atom is -0.364 e. The van der Waals surface area contributed by atoms with E-state index in [0.717, 1.165) is 18.7 Å². The first-order valence-electron chi connectivity index (χ1n) is 8.26. The third-order valence-corrected chi connectivity index (χ3v) is 4.14. The van der Waals surface area contributed by atoms with Crippen LogP contribution in [0.4, 0.5) is 0 Å². The Hall–Kier alpha value is -1.72. The molecule has 0 saturated carbocycles. The predicted octanol–water partition coefficient (Wildman–Crippen LogP) is -0.00500. The number of hydrogen-bond acceptors (Lipinski definition) is 3. The maximum Gasteiger partial charge on any atom is 0.275 e. The second-order valence-electron chi connectivity index (χ2n) is 6.51. The molecular weight excluding hydrogens is 292 g/mol. The molecule has 5 heteroatoms. The van der Waals surface area contributed by atoms with Gasteiger partial charge in [0.2, 0.25) is 0 Å². The highest BCUT2D eigenvalue weighted by molar-refractivity contribution is 5.88. The Bertz CT molecular complexity index is 522. The third kappa shape index (κ3) is 5.77. The molecule has 5 nitrogen and oxygen atoms in total. The summed E-state index contributed by atoms with van der Waals surface area (Å²) in [5.74, 6) is -0.0849. The molecule has 2 N–H and O–H groups in total. The molecular formula is C18H27N2O3+. The van der Waals surface area contributed by atoms with Gasteiger partial charge in [-0.15, -0.1) is 0 Å². The molecule has 1 saturated heterocycles. The highest BCUT2D eigenvalue weighted by atomic mass is 16.5. The van der Waals surface area contributed by atoms with Crippen LogP contribution >= 0.6 is 0 Å². The molecule has 126 valence electrons. The van der Waals surface area contributed by atoms with Crippen molar-refractivity contribution in [3.05, 3.63) is 35.9 Å². The molecule has 0 radical (unpaired) electrons. The number of amides is 1. The number of carbonyl (C=O) groups is 2. The van der Waals surface area contributed by atoms with Crippen molar-refractivity contribution in [1.82, 2.24) is 5.32 Å². The largest absolute Gasteiger partial charge is 0.364 e. The molecule has 0 bridgehead atoms. The predicted molar refractivity (Wildman–Crippen MR) is 88.3 cm³/mol. The molecule has 1 heterocycles. The highest BCUT2D eigenvalue weighted by Crippen LogP contribution is 2.04. The van der Waals surface area contributed by atoms with Crippen LogP contribution < -0.4 is 10.2 Å². The Morgan fingerprint density at radius 2 is 1.83 bits per heavy atom. The van der Waals surface area contributed by atoms with Gasteiger partial charge in [-0.25, -0.2) is 0 Å². The zero-order chi connectivity index (χ0) is 16.8. The first-order valence-corrected chi connectivity index (χ1v) is 8.26. The van der Waals surface area contributed by atoms with Crippen LogP contribution in [-0.2, 0) is 20.7 Å². The van der Waals surface area contributed by atoms with E-state index in [1.165, 1.54) is 11.8 Å². The second kappa shape index (κ2) is 8.22. The molecule has 1 fully saturated rings. The van der Waals surface area contributed by atoms with E-state index in [1.807, 2.05) is 44.2 Å². The first-order chi connectivity index (χ1) is 10.9. The summed E-state index contributed by atoms with van der Waals surface area (Å²) in [6, 6.07) is 9.30. The van der Waals surface area contributed by atoms with E-state index in [0.29, 0.717) is 13.0 Å². The number of morpholine rings is 1. The molecule has 0 spiro atoms. The molecule has 1 aromatic carbocycles. The minimum absolute atomic E-state index is 0.0130. The topological polar surface area (TPSA) is 59.8 Å². The smallest absolute Gasteiger partial charge is 0.275 e. The summed E-state index contributed by atoms with van der Waals surface area (Å²) in [5, 5.41) is 2.89. The van der Waals surface area contributed by atoms with Gasteiger partial charge in [-0.1, -0.05) is 30.3 Å². The quantitative estimate of drug-likeness (QED) is 0.776. The zero-order valence-corrected chi connectivity index (χ0v) is 14.2. The van der Waals surface area contributed by atoms with Gasteiger partial charge in [0.25, 0.3) is 5.91 Å². The first kappa shape index (κ1) is 17.6. The molecule has 0 aromatic heterocycles. The highest BCUT2D eigenvalue weighted by Gasteiger charge is 2.28. The van der Waals surface area contributed by atoms with Crippen molar-refractivity contribution in [2.45, 2.75) is 45.4 Å². The van der Waals surface area contributed by atoms with Crippen LogP contribution in [0.5, 0.6) is 0 Å². The summed E-state index contributed by atoms with van der Waals surface area (Å²) in [5.41, 5.74) is 1.05. The van der Waals surface area contributed by atoms with Crippen LogP contribution in [0.3, 0.4) is 0 Å². The van der Waals surface area contributed by atoms with E-state index in [4.69, 9.17) is 4.74 Å². The number of quaternary nitrogens is 1. The Labute approximate surface area is 138 Å². The lowest BCUT2D eigenvalue weighted by molar-refractivity contribution is -0.907. The molecule has 1 unspecified atom stereocenters. The molecule has 1 amide bonds. The van der Waals surface area contributed by atoms with Crippen molar-refractivity contribution in [2.24, 2.45) is 0 Å². The van der Waals surface area contributed by atoms with Crippen molar-refractivity contribution in [3.63, 3.8) is 0 Å². The van der Waals surface area contributed by atoms with Gasteiger partial charge < -0.3 is 15.0 Å². The minimum atomic E-state index is -0.458. The number of carbonyl (C=O) groups excluding carboxylic acids is 2. The van der Waals surface area contributed by atoms with Gasteiger partial charge in [-0.3, -0.25) is 9.59 Å². The Balaban J connectivity index is 1.89. The summed E-state index contributed by atoms with van der Waals surface area (Å²) in [4.78, 5) is 25.3. The van der Waals surface area contributed by atoms with Crippen molar-refractivity contribution in [3.8, 4) is 0 Å². The van der Waals surface area contributed by atoms with Crippen LogP contribution in [0.25, 0.3) is 0 Å². The number of ketones is 1. The molecule has 2 rings (SSSR count). The average Bonchev–Trinajstić information content (AvgIpc) is 2.46. The van der Waals surface area contributed by atoms with Crippen molar-refractivity contribution in [1.29, 1.82) is 0 Å². The SMILES string of the molecule is CC(=O)[C@H](Cc1ccccc1)NC(=O)C[NH+]1C[C@@H](C)O[C@@H](C)C1. The maximum absolute atomic E-state index is 12.3. The van der Waals surface area contributed by atoms with Gasteiger partial charge in [0.05, 0.1) is 6.04 Å². The number of nitrogens with one attached hydrogen (secondary N) is 2. The van der Waals surface area contributed by atoms with E-state index >= 15 is 0 Å². The lowest BCUT2D eigenvalue weighted by atomic mass is 10.0. The Morgan fingerprint density at radius 3 is 2.39 bits per heavy atom. The molecule has 1 aliphatic heterocycles. The number of hydrogen-bond donors (Lipinski definition) is 2. The van der Waals surface area contributed by atoms with Gasteiger partial charge in [0.15, 0.2) is 12.3 Å². The van der Waals surface area contributed by atoms with Crippen LogP contribution in [0, 0.1) is 0 Å². The molecule has 4 atom stereocenters.